The van der Waals surface area contributed by atoms with Gasteiger partial charge in [-0.05, 0) is 38.5 Å². The Bertz CT molecular complexity index is 455. The summed E-state index contributed by atoms with van der Waals surface area (Å²) in [6, 6.07) is 9.11. The molecule has 0 aromatic heterocycles. The van der Waals surface area contributed by atoms with Crippen molar-refractivity contribution in [2.75, 3.05) is 4.90 Å². The van der Waals surface area contributed by atoms with E-state index < -0.39 is 11.6 Å². The SMILES string of the molecule is CC(C)(C)N(C(=O)O)c1cccc(CC#N)c1. The fourth-order valence-corrected chi connectivity index (χ4v) is 1.68. The number of anilines is 1. The Morgan fingerprint density at radius 3 is 2.59 bits per heavy atom. The van der Waals surface area contributed by atoms with Crippen LogP contribution in [0.15, 0.2) is 24.3 Å². The summed E-state index contributed by atoms with van der Waals surface area (Å²) in [4.78, 5) is 12.6. The smallest absolute Gasteiger partial charge is 0.412 e. The van der Waals surface area contributed by atoms with Gasteiger partial charge in [-0.1, -0.05) is 12.1 Å². The van der Waals surface area contributed by atoms with Crippen molar-refractivity contribution >= 4 is 11.8 Å². The molecule has 0 saturated carbocycles. The fraction of sp³-hybridized carbons (Fsp3) is 0.385. The van der Waals surface area contributed by atoms with E-state index in [1.54, 1.807) is 18.2 Å². The van der Waals surface area contributed by atoms with Gasteiger partial charge in [0.1, 0.15) is 0 Å². The summed E-state index contributed by atoms with van der Waals surface area (Å²) in [5.41, 5.74) is 0.898. The number of benzene rings is 1. The monoisotopic (exact) mass is 232 g/mol. The largest absolute Gasteiger partial charge is 0.465 e. The lowest BCUT2D eigenvalue weighted by molar-refractivity contribution is 0.195. The number of nitriles is 1. The van der Waals surface area contributed by atoms with Crippen molar-refractivity contribution in [1.29, 1.82) is 5.26 Å². The van der Waals surface area contributed by atoms with E-state index in [4.69, 9.17) is 5.26 Å². The van der Waals surface area contributed by atoms with Crippen LogP contribution < -0.4 is 4.90 Å². The highest BCUT2D eigenvalue weighted by Gasteiger charge is 2.27. The first-order chi connectivity index (χ1) is 7.86. The molecule has 1 amide bonds. The zero-order chi connectivity index (χ0) is 13.1. The highest BCUT2D eigenvalue weighted by molar-refractivity contribution is 5.87. The fourth-order valence-electron chi connectivity index (χ4n) is 1.68. The van der Waals surface area contributed by atoms with E-state index in [-0.39, 0.29) is 6.42 Å². The molecule has 0 aliphatic heterocycles. The Hall–Kier alpha value is -2.02. The van der Waals surface area contributed by atoms with Crippen LogP contribution in [-0.4, -0.2) is 16.7 Å². The maximum Gasteiger partial charge on any atom is 0.412 e. The average Bonchev–Trinajstić information content (AvgIpc) is 2.15. The van der Waals surface area contributed by atoms with Gasteiger partial charge in [0.2, 0.25) is 0 Å². The van der Waals surface area contributed by atoms with Gasteiger partial charge < -0.3 is 5.11 Å². The molecule has 4 nitrogen and oxygen atoms in total. The molecule has 0 unspecified atom stereocenters. The summed E-state index contributed by atoms with van der Waals surface area (Å²) in [5.74, 6) is 0. The van der Waals surface area contributed by atoms with Crippen molar-refractivity contribution in [2.45, 2.75) is 32.7 Å². The topological polar surface area (TPSA) is 64.3 Å². The third-order valence-electron chi connectivity index (χ3n) is 2.31. The Morgan fingerprint density at radius 1 is 1.47 bits per heavy atom. The van der Waals surface area contributed by atoms with Crippen molar-refractivity contribution < 1.29 is 9.90 Å². The molecular formula is C13H16N2O2. The Labute approximate surface area is 101 Å². The van der Waals surface area contributed by atoms with Gasteiger partial charge in [0, 0.05) is 11.2 Å². The van der Waals surface area contributed by atoms with Crippen LogP contribution >= 0.6 is 0 Å². The summed E-state index contributed by atoms with van der Waals surface area (Å²) in [7, 11) is 0. The molecule has 0 aliphatic carbocycles. The van der Waals surface area contributed by atoms with Crippen molar-refractivity contribution in [1.82, 2.24) is 0 Å². The zero-order valence-electron chi connectivity index (χ0n) is 10.3. The number of hydrogen-bond donors (Lipinski definition) is 1. The van der Waals surface area contributed by atoms with Crippen LogP contribution in [-0.2, 0) is 6.42 Å². The van der Waals surface area contributed by atoms with Gasteiger partial charge in [-0.2, -0.15) is 5.26 Å². The second-order valence-corrected chi connectivity index (χ2v) is 4.79. The molecule has 90 valence electrons. The molecule has 0 bridgehead atoms. The predicted molar refractivity (Wildman–Crippen MR) is 66.0 cm³/mol. The second kappa shape index (κ2) is 4.88. The Morgan fingerprint density at radius 2 is 2.12 bits per heavy atom. The maximum absolute atomic E-state index is 11.3. The highest BCUT2D eigenvalue weighted by atomic mass is 16.4. The minimum Gasteiger partial charge on any atom is -0.465 e. The van der Waals surface area contributed by atoms with Gasteiger partial charge in [0.05, 0.1) is 12.5 Å². The number of amides is 1. The molecule has 0 aliphatic rings. The van der Waals surface area contributed by atoms with Gasteiger partial charge in [-0.25, -0.2) is 4.79 Å². The summed E-state index contributed by atoms with van der Waals surface area (Å²) >= 11 is 0. The minimum absolute atomic E-state index is 0.283. The lowest BCUT2D eigenvalue weighted by Crippen LogP contribution is -2.45. The van der Waals surface area contributed by atoms with E-state index in [0.717, 1.165) is 5.56 Å². The van der Waals surface area contributed by atoms with Gasteiger partial charge in [-0.15, -0.1) is 0 Å². The van der Waals surface area contributed by atoms with Gasteiger partial charge in [0.25, 0.3) is 0 Å². The van der Waals surface area contributed by atoms with Gasteiger partial charge >= 0.3 is 6.09 Å². The van der Waals surface area contributed by atoms with Crippen molar-refractivity contribution in [2.24, 2.45) is 0 Å². The highest BCUT2D eigenvalue weighted by Crippen LogP contribution is 2.24. The summed E-state index contributed by atoms with van der Waals surface area (Å²) < 4.78 is 0. The molecule has 0 fully saturated rings. The molecule has 4 heteroatoms. The van der Waals surface area contributed by atoms with Crippen LogP contribution in [0.25, 0.3) is 0 Å². The van der Waals surface area contributed by atoms with E-state index in [2.05, 4.69) is 6.07 Å². The molecule has 1 N–H and O–H groups in total. The first-order valence-electron chi connectivity index (χ1n) is 5.35. The van der Waals surface area contributed by atoms with Crippen molar-refractivity contribution in [3.05, 3.63) is 29.8 Å². The quantitative estimate of drug-likeness (QED) is 0.852. The normalized spacial score (nSPS) is 10.7. The van der Waals surface area contributed by atoms with Gasteiger partial charge in [0.15, 0.2) is 0 Å². The summed E-state index contributed by atoms with van der Waals surface area (Å²) in [5, 5.41) is 17.9. The van der Waals surface area contributed by atoms with Crippen LogP contribution in [0.2, 0.25) is 0 Å². The molecule has 0 atom stereocenters. The third kappa shape index (κ3) is 3.22. The van der Waals surface area contributed by atoms with E-state index in [1.807, 2.05) is 26.8 Å². The maximum atomic E-state index is 11.3. The van der Waals surface area contributed by atoms with E-state index in [9.17, 15) is 9.90 Å². The van der Waals surface area contributed by atoms with Crippen molar-refractivity contribution in [3.63, 3.8) is 0 Å². The number of carboxylic acid groups (broad SMARTS) is 1. The van der Waals surface area contributed by atoms with Gasteiger partial charge in [-0.3, -0.25) is 4.90 Å². The first-order valence-corrected chi connectivity index (χ1v) is 5.35. The lowest BCUT2D eigenvalue weighted by Gasteiger charge is -2.33. The first kappa shape index (κ1) is 13.0. The standard InChI is InChI=1S/C13H16N2O2/c1-13(2,3)15(12(16)17)11-6-4-5-10(9-11)7-8-14/h4-6,9H,7H2,1-3H3,(H,16,17). The van der Waals surface area contributed by atoms with Crippen molar-refractivity contribution in [3.8, 4) is 6.07 Å². The van der Waals surface area contributed by atoms with Crippen LogP contribution in [0.3, 0.4) is 0 Å². The molecule has 17 heavy (non-hydrogen) atoms. The number of hydrogen-bond acceptors (Lipinski definition) is 2. The van der Waals surface area contributed by atoms with Crippen LogP contribution in [0.4, 0.5) is 10.5 Å². The van der Waals surface area contributed by atoms with Crippen LogP contribution in [0, 0.1) is 11.3 Å². The minimum atomic E-state index is -0.994. The molecule has 1 aromatic carbocycles. The number of nitrogens with zero attached hydrogens (tertiary/aromatic N) is 2. The molecular weight excluding hydrogens is 216 g/mol. The van der Waals surface area contributed by atoms with Crippen LogP contribution in [0.1, 0.15) is 26.3 Å². The molecule has 0 heterocycles. The predicted octanol–water partition coefficient (Wildman–Crippen LogP) is 3.04. The molecule has 0 radical (unpaired) electrons. The molecule has 1 aromatic rings. The van der Waals surface area contributed by atoms with E-state index in [0.29, 0.717) is 5.69 Å². The average molecular weight is 232 g/mol. The molecule has 0 spiro atoms. The summed E-state index contributed by atoms with van der Waals surface area (Å²) in [6.07, 6.45) is -0.711. The second-order valence-electron chi connectivity index (χ2n) is 4.79. The molecule has 0 saturated heterocycles. The molecule has 1 rings (SSSR count). The summed E-state index contributed by atoms with van der Waals surface area (Å²) in [6.45, 7) is 5.49. The van der Waals surface area contributed by atoms with E-state index in [1.165, 1.54) is 4.90 Å². The number of carbonyl (C=O) groups is 1. The van der Waals surface area contributed by atoms with E-state index >= 15 is 0 Å². The lowest BCUT2D eigenvalue weighted by atomic mass is 10.0. The third-order valence-corrected chi connectivity index (χ3v) is 2.31. The Kier molecular flexibility index (Phi) is 3.74. The number of rotatable bonds is 2. The zero-order valence-corrected chi connectivity index (χ0v) is 10.3. The Balaban J connectivity index is 3.16. The van der Waals surface area contributed by atoms with Crippen LogP contribution in [0.5, 0.6) is 0 Å².